The largest absolute Gasteiger partial charge is 0.456 e. The number of hydrogen-bond acceptors (Lipinski definition) is 4. The smallest absolute Gasteiger partial charge is 0.347 e. The first-order valence-electron chi connectivity index (χ1n) is 11.4. The number of esters is 1. The Morgan fingerprint density at radius 1 is 0.966 bits per heavy atom. The zero-order chi connectivity index (χ0) is 21.5. The molecule has 0 aliphatic carbocycles. The van der Waals surface area contributed by atoms with Crippen molar-refractivity contribution in [1.29, 1.82) is 0 Å². The number of unbranched alkanes of at least 4 members (excludes halogenated alkanes) is 8. The lowest BCUT2D eigenvalue weighted by molar-refractivity contribution is -0.683. The van der Waals surface area contributed by atoms with E-state index in [-0.39, 0.29) is 5.97 Å². The van der Waals surface area contributed by atoms with Gasteiger partial charge in [0.2, 0.25) is 0 Å². The van der Waals surface area contributed by atoms with Gasteiger partial charge in [0, 0.05) is 13.2 Å². The SMILES string of the molecule is CCCCCCOCCCCCCCC[n+]1cccc(C(=O)OC(C)(C)C)c1N. The van der Waals surface area contributed by atoms with E-state index < -0.39 is 5.60 Å². The van der Waals surface area contributed by atoms with Crippen molar-refractivity contribution < 1.29 is 18.8 Å². The van der Waals surface area contributed by atoms with Gasteiger partial charge in [-0.15, -0.1) is 0 Å². The molecule has 0 saturated heterocycles. The fourth-order valence-corrected chi connectivity index (χ4v) is 3.19. The molecule has 0 aromatic carbocycles. The molecule has 0 saturated carbocycles. The molecule has 0 amide bonds. The van der Waals surface area contributed by atoms with Crippen molar-refractivity contribution in [3.05, 3.63) is 23.9 Å². The van der Waals surface area contributed by atoms with Crippen LogP contribution in [-0.2, 0) is 16.0 Å². The monoisotopic (exact) mass is 407 g/mol. The van der Waals surface area contributed by atoms with Crippen LogP contribution >= 0.6 is 0 Å². The van der Waals surface area contributed by atoms with E-state index in [4.69, 9.17) is 15.2 Å². The van der Waals surface area contributed by atoms with Gasteiger partial charge >= 0.3 is 5.97 Å². The summed E-state index contributed by atoms with van der Waals surface area (Å²) in [6, 6.07) is 3.59. The Kier molecular flexibility index (Phi) is 12.6. The number of nitrogen functional groups attached to an aromatic ring is 1. The number of carbonyl (C=O) groups excluding carboxylic acids is 1. The minimum absolute atomic E-state index is 0.364. The van der Waals surface area contributed by atoms with Crippen LogP contribution in [0.2, 0.25) is 0 Å². The predicted molar refractivity (Wildman–Crippen MR) is 119 cm³/mol. The second-order valence-electron chi connectivity index (χ2n) is 8.80. The van der Waals surface area contributed by atoms with Crippen molar-refractivity contribution >= 4 is 11.8 Å². The Bertz CT molecular complexity index is 582. The van der Waals surface area contributed by atoms with Crippen LogP contribution in [0.15, 0.2) is 18.3 Å². The summed E-state index contributed by atoms with van der Waals surface area (Å²) in [6.45, 7) is 10.4. The van der Waals surface area contributed by atoms with Gasteiger partial charge in [-0.1, -0.05) is 45.4 Å². The molecular weight excluding hydrogens is 364 g/mol. The summed E-state index contributed by atoms with van der Waals surface area (Å²) < 4.78 is 13.1. The maximum Gasteiger partial charge on any atom is 0.347 e. The van der Waals surface area contributed by atoms with Gasteiger partial charge in [-0.05, 0) is 58.6 Å². The highest BCUT2D eigenvalue weighted by atomic mass is 16.6. The van der Waals surface area contributed by atoms with E-state index >= 15 is 0 Å². The second-order valence-corrected chi connectivity index (χ2v) is 8.80. The molecule has 29 heavy (non-hydrogen) atoms. The van der Waals surface area contributed by atoms with Gasteiger partial charge in [0.05, 0.1) is 12.7 Å². The van der Waals surface area contributed by atoms with Crippen molar-refractivity contribution in [2.75, 3.05) is 18.9 Å². The Morgan fingerprint density at radius 2 is 1.55 bits per heavy atom. The molecule has 0 fully saturated rings. The third kappa shape index (κ3) is 11.8. The quantitative estimate of drug-likeness (QED) is 0.238. The van der Waals surface area contributed by atoms with Crippen LogP contribution in [0.5, 0.6) is 0 Å². The fraction of sp³-hybridized carbons (Fsp3) is 0.750. The van der Waals surface area contributed by atoms with Gasteiger partial charge in [-0.25, -0.2) is 9.36 Å². The van der Waals surface area contributed by atoms with Gasteiger partial charge < -0.3 is 9.47 Å². The topological polar surface area (TPSA) is 65.4 Å². The average Bonchev–Trinajstić information content (AvgIpc) is 2.65. The molecule has 5 nitrogen and oxygen atoms in total. The Labute approximate surface area is 178 Å². The fourth-order valence-electron chi connectivity index (χ4n) is 3.19. The third-order valence-electron chi connectivity index (χ3n) is 4.81. The van der Waals surface area contributed by atoms with Gasteiger partial charge in [0.1, 0.15) is 11.2 Å². The average molecular weight is 408 g/mol. The van der Waals surface area contributed by atoms with Crippen LogP contribution in [-0.4, -0.2) is 24.8 Å². The maximum atomic E-state index is 12.3. The molecule has 2 N–H and O–H groups in total. The lowest BCUT2D eigenvalue weighted by Crippen LogP contribution is -2.39. The molecule has 0 bridgehead atoms. The second kappa shape index (κ2) is 14.4. The van der Waals surface area contributed by atoms with E-state index in [0.717, 1.165) is 32.6 Å². The Hall–Kier alpha value is -1.62. The Balaban J connectivity index is 2.16. The van der Waals surface area contributed by atoms with Gasteiger partial charge in [0.15, 0.2) is 0 Å². The summed E-state index contributed by atoms with van der Waals surface area (Å²) in [7, 11) is 0. The van der Waals surface area contributed by atoms with Gasteiger partial charge in [-0.2, -0.15) is 0 Å². The van der Waals surface area contributed by atoms with E-state index in [0.29, 0.717) is 11.4 Å². The molecule has 0 unspecified atom stereocenters. The van der Waals surface area contributed by atoms with Crippen molar-refractivity contribution in [2.24, 2.45) is 0 Å². The number of nitrogens with two attached hydrogens (primary N) is 1. The molecule has 0 spiro atoms. The molecule has 1 aromatic rings. The van der Waals surface area contributed by atoms with Crippen molar-refractivity contribution in [3.8, 4) is 0 Å². The summed E-state index contributed by atoms with van der Waals surface area (Å²) in [5.41, 5.74) is 6.12. The van der Waals surface area contributed by atoms with E-state index in [9.17, 15) is 4.79 Å². The molecule has 1 aromatic heterocycles. The number of carbonyl (C=O) groups is 1. The summed E-state index contributed by atoms with van der Waals surface area (Å²) in [5, 5.41) is 0. The van der Waals surface area contributed by atoms with Crippen molar-refractivity contribution in [2.45, 2.75) is 104 Å². The van der Waals surface area contributed by atoms with Gasteiger partial charge in [0.25, 0.3) is 5.82 Å². The molecule has 1 heterocycles. The third-order valence-corrected chi connectivity index (χ3v) is 4.81. The van der Waals surface area contributed by atoms with Crippen LogP contribution in [0, 0.1) is 0 Å². The van der Waals surface area contributed by atoms with Crippen LogP contribution < -0.4 is 10.3 Å². The molecule has 5 heteroatoms. The normalized spacial score (nSPS) is 11.6. The molecule has 0 radical (unpaired) electrons. The number of aromatic nitrogens is 1. The zero-order valence-electron chi connectivity index (χ0n) is 19.2. The van der Waals surface area contributed by atoms with E-state index in [1.165, 1.54) is 51.4 Å². The van der Waals surface area contributed by atoms with Crippen molar-refractivity contribution in [1.82, 2.24) is 0 Å². The highest BCUT2D eigenvalue weighted by molar-refractivity contribution is 5.93. The maximum absolute atomic E-state index is 12.3. The van der Waals surface area contributed by atoms with Crippen LogP contribution in [0.1, 0.15) is 102 Å². The first-order valence-corrected chi connectivity index (χ1v) is 11.4. The lowest BCUT2D eigenvalue weighted by atomic mass is 10.1. The van der Waals surface area contributed by atoms with Crippen molar-refractivity contribution in [3.63, 3.8) is 0 Å². The number of pyridine rings is 1. The lowest BCUT2D eigenvalue weighted by Gasteiger charge is -2.19. The highest BCUT2D eigenvalue weighted by Crippen LogP contribution is 2.15. The summed E-state index contributed by atoms with van der Waals surface area (Å²) >= 11 is 0. The molecule has 166 valence electrons. The van der Waals surface area contributed by atoms with E-state index in [2.05, 4.69) is 6.92 Å². The number of aryl methyl sites for hydroxylation is 1. The molecular formula is C24H43N2O3+. The number of ether oxygens (including phenoxy) is 2. The molecule has 0 aliphatic heterocycles. The van der Waals surface area contributed by atoms with E-state index in [1.54, 1.807) is 6.07 Å². The minimum atomic E-state index is -0.524. The molecule has 0 aliphatic rings. The minimum Gasteiger partial charge on any atom is -0.456 e. The number of rotatable bonds is 15. The zero-order valence-corrected chi connectivity index (χ0v) is 19.2. The summed E-state index contributed by atoms with van der Waals surface area (Å²) in [4.78, 5) is 12.3. The van der Waals surface area contributed by atoms with Gasteiger partial charge in [-0.3, -0.25) is 5.73 Å². The van der Waals surface area contributed by atoms with Crippen LogP contribution in [0.3, 0.4) is 0 Å². The predicted octanol–water partition coefficient (Wildman–Crippen LogP) is 5.45. The highest BCUT2D eigenvalue weighted by Gasteiger charge is 2.23. The number of anilines is 1. The van der Waals surface area contributed by atoms with Crippen LogP contribution in [0.25, 0.3) is 0 Å². The number of hydrogen-bond donors (Lipinski definition) is 1. The Morgan fingerprint density at radius 3 is 2.17 bits per heavy atom. The first kappa shape index (κ1) is 25.4. The molecule has 1 rings (SSSR count). The summed E-state index contributed by atoms with van der Waals surface area (Å²) in [6.07, 6.45) is 14.1. The summed E-state index contributed by atoms with van der Waals surface area (Å²) in [5.74, 6) is 0.120. The number of nitrogens with zero attached hydrogens (tertiary/aromatic N) is 1. The molecule has 0 atom stereocenters. The van der Waals surface area contributed by atoms with E-state index in [1.807, 2.05) is 37.6 Å². The van der Waals surface area contributed by atoms with Crippen LogP contribution in [0.4, 0.5) is 5.82 Å². The first-order chi connectivity index (χ1) is 13.8. The standard InChI is InChI=1S/C24H42N2O3/c1-5-6-7-13-19-28-20-14-11-9-8-10-12-17-26-18-15-16-21(22(26)25)23(27)29-24(2,3)4/h15-16,18,25H,5-14,17,19-20H2,1-4H3/p+1.